The van der Waals surface area contributed by atoms with Gasteiger partial charge in [0, 0.05) is 17.4 Å². The molecular formula is C21H19ClN4O4S. The molecule has 0 aliphatic heterocycles. The third kappa shape index (κ3) is 5.80. The molecule has 0 fully saturated rings. The van der Waals surface area contributed by atoms with E-state index in [2.05, 4.69) is 15.5 Å². The van der Waals surface area contributed by atoms with E-state index in [9.17, 15) is 13.2 Å². The quantitative estimate of drug-likeness (QED) is 0.413. The number of methoxy groups -OCH3 is 1. The van der Waals surface area contributed by atoms with E-state index in [1.165, 1.54) is 49.7 Å². The average molecular weight is 459 g/mol. The highest BCUT2D eigenvalue weighted by molar-refractivity contribution is 7.92. The summed E-state index contributed by atoms with van der Waals surface area (Å²) in [5, 5.41) is 4.31. The first-order chi connectivity index (χ1) is 14.9. The molecule has 0 radical (unpaired) electrons. The summed E-state index contributed by atoms with van der Waals surface area (Å²) < 4.78 is 32.6. The first kappa shape index (κ1) is 22.3. The Labute approximate surface area is 185 Å². The third-order valence-electron chi connectivity index (χ3n) is 4.16. The molecule has 31 heavy (non-hydrogen) atoms. The third-order valence-corrected chi connectivity index (χ3v) is 6.20. The molecule has 0 unspecified atom stereocenters. The van der Waals surface area contributed by atoms with Gasteiger partial charge in [-0.3, -0.25) is 14.1 Å². The molecule has 3 rings (SSSR count). The molecule has 0 bridgehead atoms. The predicted molar refractivity (Wildman–Crippen MR) is 119 cm³/mol. The smallest absolute Gasteiger partial charge is 0.264 e. The van der Waals surface area contributed by atoms with Gasteiger partial charge in [0.1, 0.15) is 12.3 Å². The van der Waals surface area contributed by atoms with Crippen LogP contribution in [0.5, 0.6) is 5.75 Å². The van der Waals surface area contributed by atoms with Gasteiger partial charge in [-0.05, 0) is 66.2 Å². The Morgan fingerprint density at radius 1 is 1.10 bits per heavy atom. The van der Waals surface area contributed by atoms with Crippen LogP contribution in [-0.4, -0.2) is 39.2 Å². The summed E-state index contributed by atoms with van der Waals surface area (Å²) >= 11 is 5.93. The summed E-state index contributed by atoms with van der Waals surface area (Å²) in [6.45, 7) is -0.482. The molecule has 0 spiro atoms. The second kappa shape index (κ2) is 10.1. The van der Waals surface area contributed by atoms with Crippen LogP contribution in [0.15, 0.2) is 83.1 Å². The number of hydrogen-bond donors (Lipinski definition) is 1. The van der Waals surface area contributed by atoms with Gasteiger partial charge < -0.3 is 4.74 Å². The molecule has 0 aliphatic rings. The Morgan fingerprint density at radius 2 is 1.74 bits per heavy atom. The lowest BCUT2D eigenvalue weighted by atomic mass is 10.3. The highest BCUT2D eigenvalue weighted by atomic mass is 35.5. The number of sulfonamides is 1. The van der Waals surface area contributed by atoms with E-state index in [0.717, 1.165) is 9.87 Å². The molecule has 0 saturated heterocycles. The van der Waals surface area contributed by atoms with Crippen molar-refractivity contribution in [2.75, 3.05) is 18.0 Å². The number of halogens is 1. The number of aromatic nitrogens is 1. The van der Waals surface area contributed by atoms with Crippen molar-refractivity contribution < 1.29 is 17.9 Å². The van der Waals surface area contributed by atoms with E-state index < -0.39 is 22.5 Å². The van der Waals surface area contributed by atoms with Crippen LogP contribution in [0, 0.1) is 0 Å². The number of carbonyl (C=O) groups is 1. The summed E-state index contributed by atoms with van der Waals surface area (Å²) in [5.41, 5.74) is 3.36. The van der Waals surface area contributed by atoms with Gasteiger partial charge in [-0.1, -0.05) is 11.6 Å². The van der Waals surface area contributed by atoms with Gasteiger partial charge in [-0.2, -0.15) is 5.10 Å². The van der Waals surface area contributed by atoms with Crippen LogP contribution in [0.2, 0.25) is 5.02 Å². The maximum absolute atomic E-state index is 13.3. The van der Waals surface area contributed by atoms with Gasteiger partial charge in [-0.25, -0.2) is 13.8 Å². The van der Waals surface area contributed by atoms with Crippen molar-refractivity contribution in [3.8, 4) is 5.75 Å². The fraction of sp³-hybridized carbons (Fsp3) is 0.0952. The fourth-order valence-electron chi connectivity index (χ4n) is 2.59. The second-order valence-corrected chi connectivity index (χ2v) is 8.54. The van der Waals surface area contributed by atoms with Gasteiger partial charge >= 0.3 is 0 Å². The van der Waals surface area contributed by atoms with Gasteiger partial charge in [0.2, 0.25) is 0 Å². The Hall–Kier alpha value is -3.43. The zero-order chi connectivity index (χ0) is 22.3. The standard InChI is InChI=1S/C21H19ClN4O4S/c1-30-19-6-8-20(9-7-19)31(28,29)26(18-4-2-17(22)3-5-18)15-21(27)25-24-14-16-10-12-23-13-11-16/h2-14H,15H2,1H3,(H,25,27). The zero-order valence-electron chi connectivity index (χ0n) is 16.5. The molecule has 10 heteroatoms. The van der Waals surface area contributed by atoms with Crippen molar-refractivity contribution in [1.29, 1.82) is 0 Å². The summed E-state index contributed by atoms with van der Waals surface area (Å²) in [4.78, 5) is 16.4. The van der Waals surface area contributed by atoms with Gasteiger partial charge in [0.25, 0.3) is 15.9 Å². The Balaban J connectivity index is 1.84. The molecule has 2 aromatic carbocycles. The number of nitrogens with one attached hydrogen (secondary N) is 1. The summed E-state index contributed by atoms with van der Waals surface area (Å²) in [6, 6.07) is 15.5. The minimum Gasteiger partial charge on any atom is -0.497 e. The molecule has 0 atom stereocenters. The summed E-state index contributed by atoms with van der Waals surface area (Å²) in [6.07, 6.45) is 4.62. The van der Waals surface area contributed by atoms with E-state index in [0.29, 0.717) is 10.8 Å². The molecule has 160 valence electrons. The Kier molecular flexibility index (Phi) is 7.22. The Bertz CT molecular complexity index is 1150. The molecule has 1 amide bonds. The van der Waals surface area contributed by atoms with E-state index in [1.54, 1.807) is 36.7 Å². The first-order valence-corrected chi connectivity index (χ1v) is 10.9. The monoisotopic (exact) mass is 458 g/mol. The number of carbonyl (C=O) groups excluding carboxylic acids is 1. The van der Waals surface area contributed by atoms with Crippen molar-refractivity contribution in [3.05, 3.63) is 83.6 Å². The molecule has 1 aromatic heterocycles. The normalized spacial score (nSPS) is 11.3. The lowest BCUT2D eigenvalue weighted by Crippen LogP contribution is -2.39. The van der Waals surface area contributed by atoms with E-state index in [1.807, 2.05) is 0 Å². The highest BCUT2D eigenvalue weighted by Crippen LogP contribution is 2.26. The number of anilines is 1. The number of hydrazone groups is 1. The molecule has 8 nitrogen and oxygen atoms in total. The van der Waals surface area contributed by atoms with Crippen LogP contribution in [0.1, 0.15) is 5.56 Å². The van der Waals surface area contributed by atoms with Crippen LogP contribution in [0.25, 0.3) is 0 Å². The van der Waals surface area contributed by atoms with Gasteiger partial charge in [0.05, 0.1) is 23.9 Å². The molecular weight excluding hydrogens is 440 g/mol. The second-order valence-electron chi connectivity index (χ2n) is 6.24. The largest absolute Gasteiger partial charge is 0.497 e. The van der Waals surface area contributed by atoms with Gasteiger partial charge in [0.15, 0.2) is 0 Å². The number of pyridine rings is 1. The zero-order valence-corrected chi connectivity index (χ0v) is 18.0. The van der Waals surface area contributed by atoms with Crippen molar-refractivity contribution in [2.24, 2.45) is 5.10 Å². The predicted octanol–water partition coefficient (Wildman–Crippen LogP) is 3.09. The van der Waals surface area contributed by atoms with Crippen molar-refractivity contribution in [2.45, 2.75) is 4.90 Å². The van der Waals surface area contributed by atoms with E-state index in [4.69, 9.17) is 16.3 Å². The number of nitrogens with zero attached hydrogens (tertiary/aromatic N) is 3. The fourth-order valence-corrected chi connectivity index (χ4v) is 4.14. The van der Waals surface area contributed by atoms with Crippen LogP contribution in [0.3, 0.4) is 0 Å². The minimum atomic E-state index is -4.05. The number of benzene rings is 2. The lowest BCUT2D eigenvalue weighted by molar-refractivity contribution is -0.119. The number of ether oxygens (including phenoxy) is 1. The van der Waals surface area contributed by atoms with Crippen molar-refractivity contribution in [3.63, 3.8) is 0 Å². The number of rotatable bonds is 8. The lowest BCUT2D eigenvalue weighted by Gasteiger charge is -2.23. The molecule has 3 aromatic rings. The number of amides is 1. The maximum atomic E-state index is 13.3. The Morgan fingerprint density at radius 3 is 2.35 bits per heavy atom. The average Bonchev–Trinajstić information content (AvgIpc) is 2.79. The number of hydrogen-bond acceptors (Lipinski definition) is 6. The summed E-state index contributed by atoms with van der Waals surface area (Å²) in [5.74, 6) is -0.0995. The molecule has 0 aliphatic carbocycles. The van der Waals surface area contributed by atoms with E-state index >= 15 is 0 Å². The first-order valence-electron chi connectivity index (χ1n) is 9.04. The van der Waals surface area contributed by atoms with Gasteiger partial charge in [-0.15, -0.1) is 0 Å². The van der Waals surface area contributed by atoms with Crippen LogP contribution < -0.4 is 14.5 Å². The van der Waals surface area contributed by atoms with Crippen LogP contribution in [-0.2, 0) is 14.8 Å². The molecule has 1 heterocycles. The van der Waals surface area contributed by atoms with Crippen LogP contribution >= 0.6 is 11.6 Å². The molecule has 0 saturated carbocycles. The summed E-state index contributed by atoms with van der Waals surface area (Å²) in [7, 11) is -2.56. The van der Waals surface area contributed by atoms with E-state index in [-0.39, 0.29) is 10.6 Å². The van der Waals surface area contributed by atoms with Crippen LogP contribution in [0.4, 0.5) is 5.69 Å². The van der Waals surface area contributed by atoms with Crippen molar-refractivity contribution in [1.82, 2.24) is 10.4 Å². The highest BCUT2D eigenvalue weighted by Gasteiger charge is 2.27. The maximum Gasteiger partial charge on any atom is 0.264 e. The minimum absolute atomic E-state index is 0.0105. The molecule has 1 N–H and O–H groups in total. The van der Waals surface area contributed by atoms with Crippen molar-refractivity contribution >= 4 is 39.4 Å². The SMILES string of the molecule is COc1ccc(S(=O)(=O)N(CC(=O)NN=Cc2ccncc2)c2ccc(Cl)cc2)cc1. The topological polar surface area (TPSA) is 101 Å².